The van der Waals surface area contributed by atoms with E-state index in [2.05, 4.69) is 71.9 Å². The monoisotopic (exact) mass is 265 g/mol. The van der Waals surface area contributed by atoms with Crippen LogP contribution in [-0.4, -0.2) is 15.0 Å². The number of hydrogen-bond donors (Lipinski definition) is 0. The molecule has 2 unspecified atom stereocenters. The molecule has 110 valence electrons. The van der Waals surface area contributed by atoms with Gasteiger partial charge < -0.3 is 0 Å². The molecule has 1 heterocycles. The van der Waals surface area contributed by atoms with E-state index in [1.54, 1.807) is 0 Å². The van der Waals surface area contributed by atoms with Crippen LogP contribution >= 0.6 is 0 Å². The van der Waals surface area contributed by atoms with Crippen molar-refractivity contribution in [1.82, 2.24) is 15.0 Å². The van der Waals surface area contributed by atoms with Crippen LogP contribution in [0.1, 0.15) is 79.8 Å². The molecule has 0 spiro atoms. The Morgan fingerprint density at radius 3 is 2.21 bits per heavy atom. The van der Waals surface area contributed by atoms with Crippen molar-refractivity contribution in [3.05, 3.63) is 11.9 Å². The normalized spacial score (nSPS) is 16.4. The molecule has 3 nitrogen and oxygen atoms in total. The largest absolute Gasteiger partial charge is 0.247 e. The van der Waals surface area contributed by atoms with Crippen LogP contribution in [0.5, 0.6) is 0 Å². The molecule has 1 rings (SSSR count). The first kappa shape index (κ1) is 16.2. The smallest absolute Gasteiger partial charge is 0.0858 e. The number of aromatic nitrogens is 3. The molecule has 1 aromatic rings. The third-order valence-electron chi connectivity index (χ3n) is 4.58. The average Bonchev–Trinajstić information content (AvgIpc) is 2.75. The van der Waals surface area contributed by atoms with Crippen molar-refractivity contribution in [3.8, 4) is 0 Å². The summed E-state index contributed by atoms with van der Waals surface area (Å²) < 4.78 is 2.04. The Labute approximate surface area is 118 Å². The van der Waals surface area contributed by atoms with Crippen LogP contribution in [0.15, 0.2) is 6.20 Å². The molecule has 0 amide bonds. The molecule has 0 aliphatic heterocycles. The molecular weight excluding hydrogens is 234 g/mol. The molecule has 0 aromatic carbocycles. The molecule has 0 N–H and O–H groups in total. The van der Waals surface area contributed by atoms with Gasteiger partial charge in [-0.2, -0.15) is 0 Å². The van der Waals surface area contributed by atoms with Crippen molar-refractivity contribution in [2.75, 3.05) is 0 Å². The van der Waals surface area contributed by atoms with Crippen molar-refractivity contribution < 1.29 is 0 Å². The second-order valence-electron chi connectivity index (χ2n) is 7.59. The fourth-order valence-corrected chi connectivity index (χ4v) is 2.51. The van der Waals surface area contributed by atoms with Gasteiger partial charge in [0.2, 0.25) is 0 Å². The summed E-state index contributed by atoms with van der Waals surface area (Å²) in [6.07, 6.45) is 4.43. The summed E-state index contributed by atoms with van der Waals surface area (Å²) in [5.74, 6) is 1.01. The van der Waals surface area contributed by atoms with Crippen molar-refractivity contribution >= 4 is 0 Å². The Hall–Kier alpha value is -0.860. The molecule has 19 heavy (non-hydrogen) atoms. The van der Waals surface area contributed by atoms with Crippen LogP contribution < -0.4 is 0 Å². The SMILES string of the molecule is CCCC(C)(C)n1cc(C(C)C(C)C(C)(C)C)nn1. The van der Waals surface area contributed by atoms with Gasteiger partial charge in [0.05, 0.1) is 11.2 Å². The Bertz CT molecular complexity index is 398. The van der Waals surface area contributed by atoms with Gasteiger partial charge in [0.15, 0.2) is 0 Å². The summed E-state index contributed by atoms with van der Waals surface area (Å²) in [6.45, 7) is 18.1. The number of hydrogen-bond acceptors (Lipinski definition) is 2. The van der Waals surface area contributed by atoms with E-state index in [0.717, 1.165) is 18.5 Å². The standard InChI is InChI=1S/C16H31N3/c1-9-10-16(7,8)19-11-14(17-18-19)12(2)13(3)15(4,5)6/h11-13H,9-10H2,1-8H3. The zero-order valence-electron chi connectivity index (χ0n) is 14.0. The van der Waals surface area contributed by atoms with Crippen LogP contribution in [0.2, 0.25) is 0 Å². The molecule has 0 radical (unpaired) electrons. The van der Waals surface area contributed by atoms with Crippen LogP contribution in [0.25, 0.3) is 0 Å². The topological polar surface area (TPSA) is 30.7 Å². The lowest BCUT2D eigenvalue weighted by atomic mass is 9.74. The highest BCUT2D eigenvalue weighted by Crippen LogP contribution is 2.36. The number of nitrogens with zero attached hydrogens (tertiary/aromatic N) is 3. The van der Waals surface area contributed by atoms with Crippen LogP contribution in [-0.2, 0) is 5.54 Å². The maximum absolute atomic E-state index is 4.41. The molecule has 0 aliphatic rings. The van der Waals surface area contributed by atoms with E-state index in [9.17, 15) is 0 Å². The molecule has 0 saturated carbocycles. The van der Waals surface area contributed by atoms with Crippen molar-refractivity contribution in [1.29, 1.82) is 0 Å². The Morgan fingerprint density at radius 2 is 1.74 bits per heavy atom. The van der Waals surface area contributed by atoms with Gasteiger partial charge in [-0.15, -0.1) is 5.10 Å². The molecule has 0 bridgehead atoms. The molecule has 0 aliphatic carbocycles. The van der Waals surface area contributed by atoms with Gasteiger partial charge in [-0.1, -0.05) is 53.2 Å². The fourth-order valence-electron chi connectivity index (χ4n) is 2.51. The van der Waals surface area contributed by atoms with E-state index in [4.69, 9.17) is 0 Å². The summed E-state index contributed by atoms with van der Waals surface area (Å²) in [6, 6.07) is 0. The lowest BCUT2D eigenvalue weighted by Gasteiger charge is -2.31. The summed E-state index contributed by atoms with van der Waals surface area (Å²) in [4.78, 5) is 0. The Kier molecular flexibility index (Phi) is 4.81. The molecule has 1 aromatic heterocycles. The van der Waals surface area contributed by atoms with E-state index >= 15 is 0 Å². The first-order valence-corrected chi connectivity index (χ1v) is 7.52. The minimum atomic E-state index is 0.0602. The van der Waals surface area contributed by atoms with E-state index in [0.29, 0.717) is 17.3 Å². The molecular formula is C16H31N3. The van der Waals surface area contributed by atoms with Gasteiger partial charge in [-0.25, -0.2) is 4.68 Å². The second-order valence-corrected chi connectivity index (χ2v) is 7.59. The van der Waals surface area contributed by atoms with Gasteiger partial charge in [-0.3, -0.25) is 0 Å². The van der Waals surface area contributed by atoms with Crippen LogP contribution in [0.3, 0.4) is 0 Å². The highest BCUT2D eigenvalue weighted by Gasteiger charge is 2.29. The molecule has 0 saturated heterocycles. The van der Waals surface area contributed by atoms with Gasteiger partial charge in [0.1, 0.15) is 0 Å². The predicted octanol–water partition coefficient (Wildman–Crippen LogP) is 4.60. The first-order valence-electron chi connectivity index (χ1n) is 7.52. The highest BCUT2D eigenvalue weighted by molar-refractivity contribution is 5.05. The Balaban J connectivity index is 2.91. The van der Waals surface area contributed by atoms with Gasteiger partial charge in [-0.05, 0) is 31.6 Å². The van der Waals surface area contributed by atoms with Gasteiger partial charge in [0.25, 0.3) is 0 Å². The lowest BCUT2D eigenvalue weighted by molar-refractivity contribution is 0.226. The van der Waals surface area contributed by atoms with E-state index in [1.807, 2.05) is 4.68 Å². The maximum Gasteiger partial charge on any atom is 0.0858 e. The van der Waals surface area contributed by atoms with Gasteiger partial charge >= 0.3 is 0 Å². The summed E-state index contributed by atoms with van der Waals surface area (Å²) in [7, 11) is 0. The molecule has 3 heteroatoms. The average molecular weight is 265 g/mol. The summed E-state index contributed by atoms with van der Waals surface area (Å²) in [5.41, 5.74) is 1.47. The summed E-state index contributed by atoms with van der Waals surface area (Å²) >= 11 is 0. The van der Waals surface area contributed by atoms with E-state index in [-0.39, 0.29) is 5.54 Å². The Morgan fingerprint density at radius 1 is 1.16 bits per heavy atom. The van der Waals surface area contributed by atoms with Gasteiger partial charge in [0, 0.05) is 12.1 Å². The van der Waals surface area contributed by atoms with Crippen molar-refractivity contribution in [3.63, 3.8) is 0 Å². The van der Waals surface area contributed by atoms with Crippen LogP contribution in [0.4, 0.5) is 0 Å². The van der Waals surface area contributed by atoms with Crippen molar-refractivity contribution in [2.45, 2.75) is 79.7 Å². The zero-order chi connectivity index (χ0) is 14.8. The minimum Gasteiger partial charge on any atom is -0.247 e. The van der Waals surface area contributed by atoms with E-state index in [1.165, 1.54) is 0 Å². The lowest BCUT2D eigenvalue weighted by Crippen LogP contribution is -2.26. The van der Waals surface area contributed by atoms with Crippen LogP contribution in [0, 0.1) is 11.3 Å². The van der Waals surface area contributed by atoms with Crippen molar-refractivity contribution in [2.24, 2.45) is 11.3 Å². The summed E-state index contributed by atoms with van der Waals surface area (Å²) in [5, 5.41) is 8.77. The maximum atomic E-state index is 4.41. The minimum absolute atomic E-state index is 0.0602. The first-order chi connectivity index (χ1) is 8.59. The zero-order valence-corrected chi connectivity index (χ0v) is 14.0. The second kappa shape index (κ2) is 5.64. The highest BCUT2D eigenvalue weighted by atomic mass is 15.4. The molecule has 2 atom stereocenters. The quantitative estimate of drug-likeness (QED) is 0.779. The third-order valence-corrected chi connectivity index (χ3v) is 4.58. The fraction of sp³-hybridized carbons (Fsp3) is 0.875. The number of rotatable bonds is 5. The van der Waals surface area contributed by atoms with E-state index < -0.39 is 0 Å². The third kappa shape index (κ3) is 3.80. The molecule has 0 fully saturated rings. The predicted molar refractivity (Wildman–Crippen MR) is 81.3 cm³/mol.